The minimum absolute atomic E-state index is 0.0807. The number of esters is 3. The van der Waals surface area contributed by atoms with Crippen LogP contribution in [-0.4, -0.2) is 37.2 Å². The Labute approximate surface area is 339 Å². The van der Waals surface area contributed by atoms with Crippen molar-refractivity contribution in [3.63, 3.8) is 0 Å². The van der Waals surface area contributed by atoms with Crippen LogP contribution in [0.5, 0.6) is 0 Å². The lowest BCUT2D eigenvalue weighted by Gasteiger charge is -2.18. The highest BCUT2D eigenvalue weighted by Gasteiger charge is 2.19. The highest BCUT2D eigenvalue weighted by molar-refractivity contribution is 5.71. The van der Waals surface area contributed by atoms with Crippen LogP contribution < -0.4 is 0 Å². The van der Waals surface area contributed by atoms with Crippen molar-refractivity contribution in [1.29, 1.82) is 0 Å². The molecule has 0 saturated heterocycles. The summed E-state index contributed by atoms with van der Waals surface area (Å²) in [7, 11) is 0. The smallest absolute Gasteiger partial charge is 0.306 e. The van der Waals surface area contributed by atoms with E-state index in [1.165, 1.54) is 77.0 Å². The standard InChI is InChI=1S/C49H86O6/c1-4-7-10-13-16-19-22-24-25-26-28-30-33-36-39-42-48(51)54-45-46(44-53-47(50)41-38-35-32-29-21-18-15-12-9-6-3)55-49(52)43-40-37-34-31-27-23-20-17-14-11-8-5-2/h7,10,16-17,19-20,24-25,46H,4-6,8-9,11-15,18,21-23,26-45H2,1-3H3/b10-7-,19-16-,20-17-,25-24-/t46-/m1/s1. The molecule has 0 bridgehead atoms. The van der Waals surface area contributed by atoms with Crippen LogP contribution in [0, 0.1) is 0 Å². The lowest BCUT2D eigenvalue weighted by Crippen LogP contribution is -2.30. The number of allylic oxidation sites excluding steroid dienone is 8. The van der Waals surface area contributed by atoms with Gasteiger partial charge in [-0.05, 0) is 77.0 Å². The second-order valence-electron chi connectivity index (χ2n) is 15.3. The molecule has 0 aliphatic carbocycles. The Balaban J connectivity index is 4.39. The van der Waals surface area contributed by atoms with E-state index in [0.717, 1.165) is 109 Å². The van der Waals surface area contributed by atoms with Crippen molar-refractivity contribution in [2.24, 2.45) is 0 Å². The monoisotopic (exact) mass is 771 g/mol. The minimum atomic E-state index is -0.779. The Morgan fingerprint density at radius 3 is 1.16 bits per heavy atom. The van der Waals surface area contributed by atoms with Crippen molar-refractivity contribution >= 4 is 17.9 Å². The molecule has 0 rings (SSSR count). The summed E-state index contributed by atoms with van der Waals surface area (Å²) in [4.78, 5) is 37.7. The molecular weight excluding hydrogens is 685 g/mol. The van der Waals surface area contributed by atoms with Crippen molar-refractivity contribution < 1.29 is 28.6 Å². The molecule has 0 aliphatic heterocycles. The van der Waals surface area contributed by atoms with Gasteiger partial charge in [0.1, 0.15) is 13.2 Å². The molecule has 0 fully saturated rings. The van der Waals surface area contributed by atoms with Gasteiger partial charge in [-0.3, -0.25) is 14.4 Å². The van der Waals surface area contributed by atoms with Crippen LogP contribution >= 0.6 is 0 Å². The molecule has 6 nitrogen and oxygen atoms in total. The summed E-state index contributed by atoms with van der Waals surface area (Å²) in [5.41, 5.74) is 0. The molecule has 0 aromatic carbocycles. The quantitative estimate of drug-likeness (QED) is 0.0267. The first-order valence-corrected chi connectivity index (χ1v) is 23.1. The number of carbonyl (C=O) groups excluding carboxylic acids is 3. The van der Waals surface area contributed by atoms with Gasteiger partial charge in [0.2, 0.25) is 0 Å². The summed E-state index contributed by atoms with van der Waals surface area (Å²) < 4.78 is 16.7. The third-order valence-electron chi connectivity index (χ3n) is 9.82. The van der Waals surface area contributed by atoms with Gasteiger partial charge < -0.3 is 14.2 Å². The zero-order chi connectivity index (χ0) is 40.1. The maximum atomic E-state index is 12.7. The van der Waals surface area contributed by atoms with E-state index in [1.54, 1.807) is 0 Å². The number of carbonyl (C=O) groups is 3. The van der Waals surface area contributed by atoms with E-state index in [-0.39, 0.29) is 31.1 Å². The van der Waals surface area contributed by atoms with Gasteiger partial charge in [0.15, 0.2) is 6.10 Å². The van der Waals surface area contributed by atoms with Gasteiger partial charge in [-0.2, -0.15) is 0 Å². The van der Waals surface area contributed by atoms with E-state index in [1.807, 2.05) is 0 Å². The number of unbranched alkanes of at least 4 members (excludes halogenated alkanes) is 22. The molecule has 55 heavy (non-hydrogen) atoms. The van der Waals surface area contributed by atoms with Crippen LogP contribution in [-0.2, 0) is 28.6 Å². The van der Waals surface area contributed by atoms with E-state index >= 15 is 0 Å². The van der Waals surface area contributed by atoms with Gasteiger partial charge >= 0.3 is 17.9 Å². The summed E-state index contributed by atoms with van der Waals surface area (Å²) >= 11 is 0. The molecule has 1 atom stereocenters. The van der Waals surface area contributed by atoms with Gasteiger partial charge in [-0.15, -0.1) is 0 Å². The SMILES string of the molecule is CC/C=C\C/C=C\C/C=C\CCCCCCCC(=O)OC[C@@H](COC(=O)CCCCCCCCCCCC)OC(=O)CCCCCCC/C=C\CCCCC. The van der Waals surface area contributed by atoms with E-state index in [0.29, 0.717) is 19.3 Å². The van der Waals surface area contributed by atoms with Crippen molar-refractivity contribution in [2.75, 3.05) is 13.2 Å². The van der Waals surface area contributed by atoms with Crippen LogP contribution in [0.25, 0.3) is 0 Å². The molecule has 0 aromatic heterocycles. The first-order valence-electron chi connectivity index (χ1n) is 23.1. The highest BCUT2D eigenvalue weighted by atomic mass is 16.6. The van der Waals surface area contributed by atoms with Crippen LogP contribution in [0.15, 0.2) is 48.6 Å². The van der Waals surface area contributed by atoms with Crippen molar-refractivity contribution in [1.82, 2.24) is 0 Å². The molecule has 0 amide bonds. The Morgan fingerprint density at radius 1 is 0.382 bits per heavy atom. The third kappa shape index (κ3) is 42.4. The van der Waals surface area contributed by atoms with E-state index in [2.05, 4.69) is 69.4 Å². The van der Waals surface area contributed by atoms with Crippen molar-refractivity contribution in [2.45, 2.75) is 232 Å². The van der Waals surface area contributed by atoms with Gasteiger partial charge in [0.05, 0.1) is 0 Å². The Morgan fingerprint density at radius 2 is 0.709 bits per heavy atom. The molecule has 0 unspecified atom stereocenters. The fraction of sp³-hybridized carbons (Fsp3) is 0.776. The van der Waals surface area contributed by atoms with E-state index in [9.17, 15) is 14.4 Å². The number of ether oxygens (including phenoxy) is 3. The van der Waals surface area contributed by atoms with Crippen LogP contribution in [0.4, 0.5) is 0 Å². The normalized spacial score (nSPS) is 12.4. The largest absolute Gasteiger partial charge is 0.462 e. The first-order chi connectivity index (χ1) is 27.0. The van der Waals surface area contributed by atoms with Gasteiger partial charge in [-0.25, -0.2) is 0 Å². The average molecular weight is 771 g/mol. The van der Waals surface area contributed by atoms with Crippen molar-refractivity contribution in [3.8, 4) is 0 Å². The zero-order valence-electron chi connectivity index (χ0n) is 36.2. The fourth-order valence-corrected chi connectivity index (χ4v) is 6.33. The number of hydrogen-bond acceptors (Lipinski definition) is 6. The summed E-state index contributed by atoms with van der Waals surface area (Å²) in [6, 6.07) is 0. The van der Waals surface area contributed by atoms with Crippen LogP contribution in [0.1, 0.15) is 226 Å². The molecule has 0 spiro atoms. The molecule has 0 aliphatic rings. The molecule has 0 heterocycles. The average Bonchev–Trinajstić information content (AvgIpc) is 3.18. The lowest BCUT2D eigenvalue weighted by atomic mass is 10.1. The van der Waals surface area contributed by atoms with Crippen LogP contribution in [0.3, 0.4) is 0 Å². The molecule has 0 N–H and O–H groups in total. The number of rotatable bonds is 41. The Bertz CT molecular complexity index is 980. The maximum absolute atomic E-state index is 12.7. The topological polar surface area (TPSA) is 78.9 Å². The zero-order valence-corrected chi connectivity index (χ0v) is 36.2. The maximum Gasteiger partial charge on any atom is 0.306 e. The first kappa shape index (κ1) is 52.4. The van der Waals surface area contributed by atoms with Gasteiger partial charge in [0.25, 0.3) is 0 Å². The van der Waals surface area contributed by atoms with E-state index in [4.69, 9.17) is 14.2 Å². The predicted octanol–water partition coefficient (Wildman–Crippen LogP) is 14.8. The predicted molar refractivity (Wildman–Crippen MR) is 233 cm³/mol. The highest BCUT2D eigenvalue weighted by Crippen LogP contribution is 2.14. The second kappa shape index (κ2) is 44.1. The Kier molecular flexibility index (Phi) is 42.0. The second-order valence-corrected chi connectivity index (χ2v) is 15.3. The molecule has 318 valence electrons. The van der Waals surface area contributed by atoms with Gasteiger partial charge in [0, 0.05) is 19.3 Å². The summed E-state index contributed by atoms with van der Waals surface area (Å²) in [6.45, 7) is 6.46. The van der Waals surface area contributed by atoms with E-state index < -0.39 is 6.10 Å². The summed E-state index contributed by atoms with van der Waals surface area (Å²) in [5.74, 6) is -0.909. The molecule has 0 saturated carbocycles. The van der Waals surface area contributed by atoms with Crippen LogP contribution in [0.2, 0.25) is 0 Å². The molecule has 0 aromatic rings. The summed E-state index contributed by atoms with van der Waals surface area (Å²) in [5, 5.41) is 0. The fourth-order valence-electron chi connectivity index (χ4n) is 6.33. The van der Waals surface area contributed by atoms with Gasteiger partial charge in [-0.1, -0.05) is 179 Å². The summed E-state index contributed by atoms with van der Waals surface area (Å²) in [6.07, 6.45) is 50.9. The number of hydrogen-bond donors (Lipinski definition) is 0. The lowest BCUT2D eigenvalue weighted by molar-refractivity contribution is -0.167. The Hall–Kier alpha value is -2.63. The molecule has 0 radical (unpaired) electrons. The minimum Gasteiger partial charge on any atom is -0.462 e. The third-order valence-corrected chi connectivity index (χ3v) is 9.82. The molecule has 6 heteroatoms. The van der Waals surface area contributed by atoms with Crippen molar-refractivity contribution in [3.05, 3.63) is 48.6 Å². The molecular formula is C49H86O6.